The summed E-state index contributed by atoms with van der Waals surface area (Å²) in [5.41, 5.74) is 3.19. The van der Waals surface area contributed by atoms with Gasteiger partial charge in [0.25, 0.3) is 0 Å². The summed E-state index contributed by atoms with van der Waals surface area (Å²) in [6.45, 7) is 9.64. The van der Waals surface area contributed by atoms with Gasteiger partial charge in [-0.1, -0.05) is 62.1 Å². The van der Waals surface area contributed by atoms with E-state index in [1.807, 2.05) is 80.8 Å². The number of nitrogens with zero attached hydrogens (tertiary/aromatic N) is 1. The van der Waals surface area contributed by atoms with Crippen LogP contribution in [0.2, 0.25) is 0 Å². The van der Waals surface area contributed by atoms with Gasteiger partial charge in [-0.25, -0.2) is 0 Å². The number of hydrogen-bond donors (Lipinski definition) is 0. The average molecular weight is 420 g/mol. The number of hydrogen-bond acceptors (Lipinski definition) is 3. The number of ether oxygens (including phenoxy) is 1. The summed E-state index contributed by atoms with van der Waals surface area (Å²) in [5.74, 6) is -0.0816. The van der Waals surface area contributed by atoms with Crippen molar-refractivity contribution in [3.63, 3.8) is 0 Å². The molecule has 0 aliphatic rings. The van der Waals surface area contributed by atoms with E-state index >= 15 is 0 Å². The number of carbonyl (C=O) groups excluding carboxylic acids is 2. The number of esters is 1. The Morgan fingerprint density at radius 3 is 2.32 bits per heavy atom. The summed E-state index contributed by atoms with van der Waals surface area (Å²) in [6.07, 6.45) is 7.10. The molecule has 4 nitrogen and oxygen atoms in total. The van der Waals surface area contributed by atoms with E-state index in [0.717, 1.165) is 48.9 Å². The van der Waals surface area contributed by atoms with Gasteiger partial charge in [0.05, 0.1) is 16.5 Å². The highest BCUT2D eigenvalue weighted by Gasteiger charge is 2.31. The van der Waals surface area contributed by atoms with Gasteiger partial charge in [0.15, 0.2) is 11.5 Å². The molecule has 0 unspecified atom stereocenters. The number of rotatable bonds is 8. The summed E-state index contributed by atoms with van der Waals surface area (Å²) in [5, 5.41) is 0. The van der Waals surface area contributed by atoms with E-state index in [1.165, 1.54) is 0 Å². The molecule has 0 aliphatic heterocycles. The van der Waals surface area contributed by atoms with Gasteiger partial charge in [-0.3, -0.25) is 9.59 Å². The lowest BCUT2D eigenvalue weighted by atomic mass is 9.97. The Hall–Kier alpha value is -2.88. The Morgan fingerprint density at radius 1 is 0.968 bits per heavy atom. The van der Waals surface area contributed by atoms with E-state index in [-0.39, 0.29) is 11.8 Å². The van der Waals surface area contributed by atoms with Gasteiger partial charge in [0, 0.05) is 17.5 Å². The van der Waals surface area contributed by atoms with Crippen molar-refractivity contribution in [3.8, 4) is 5.75 Å². The van der Waals surface area contributed by atoms with Crippen LogP contribution in [0, 0.1) is 12.3 Å². The molecule has 0 radical (unpaired) electrons. The van der Waals surface area contributed by atoms with E-state index in [4.69, 9.17) is 4.74 Å². The molecule has 0 spiro atoms. The van der Waals surface area contributed by atoms with Crippen LogP contribution >= 0.6 is 0 Å². The fourth-order valence-corrected chi connectivity index (χ4v) is 3.64. The summed E-state index contributed by atoms with van der Waals surface area (Å²) < 4.78 is 7.93. The molecule has 1 aromatic carbocycles. The van der Waals surface area contributed by atoms with Gasteiger partial charge >= 0.3 is 5.97 Å². The van der Waals surface area contributed by atoms with E-state index in [0.29, 0.717) is 16.9 Å². The lowest BCUT2D eigenvalue weighted by Crippen LogP contribution is -2.26. The van der Waals surface area contributed by atoms with E-state index < -0.39 is 5.41 Å². The van der Waals surface area contributed by atoms with Crippen LogP contribution in [0.25, 0.3) is 5.52 Å². The van der Waals surface area contributed by atoms with Crippen molar-refractivity contribution in [1.29, 1.82) is 0 Å². The summed E-state index contributed by atoms with van der Waals surface area (Å²) >= 11 is 0. The van der Waals surface area contributed by atoms with Crippen molar-refractivity contribution in [3.05, 3.63) is 71.0 Å². The molecule has 0 amide bonds. The third kappa shape index (κ3) is 5.07. The second kappa shape index (κ2) is 9.51. The van der Waals surface area contributed by atoms with Gasteiger partial charge in [0.2, 0.25) is 0 Å². The molecule has 0 atom stereocenters. The van der Waals surface area contributed by atoms with Gasteiger partial charge in [-0.2, -0.15) is 0 Å². The molecular weight excluding hydrogens is 386 g/mol. The summed E-state index contributed by atoms with van der Waals surface area (Å²) in [6, 6.07) is 13.3. The zero-order chi connectivity index (χ0) is 22.6. The first-order valence-electron chi connectivity index (χ1n) is 11.2. The number of carbonyl (C=O) groups is 2. The number of unbranched alkanes of at least 4 members (excludes halogenated alkanes) is 3. The maximum Gasteiger partial charge on any atom is 0.316 e. The Morgan fingerprint density at radius 2 is 1.68 bits per heavy atom. The number of ketones is 1. The van der Waals surface area contributed by atoms with Gasteiger partial charge in [0.1, 0.15) is 0 Å². The molecule has 0 saturated carbocycles. The van der Waals surface area contributed by atoms with Gasteiger partial charge < -0.3 is 9.14 Å². The summed E-state index contributed by atoms with van der Waals surface area (Å²) in [7, 11) is 0. The number of aryl methyl sites for hydroxylation is 2. The maximum absolute atomic E-state index is 13.7. The zero-order valence-electron chi connectivity index (χ0n) is 19.3. The number of fused-ring (bicyclic) bond motifs is 1. The van der Waals surface area contributed by atoms with Gasteiger partial charge in [-0.15, -0.1) is 0 Å². The quantitative estimate of drug-likeness (QED) is 0.236. The second-order valence-electron chi connectivity index (χ2n) is 9.25. The minimum Gasteiger partial charge on any atom is -0.423 e. The van der Waals surface area contributed by atoms with Crippen LogP contribution in [0.15, 0.2) is 48.7 Å². The first-order chi connectivity index (χ1) is 14.7. The maximum atomic E-state index is 13.7. The number of benzene rings is 1. The predicted molar refractivity (Wildman–Crippen MR) is 125 cm³/mol. The minimum absolute atomic E-state index is 0.106. The third-order valence-electron chi connectivity index (χ3n) is 5.51. The normalized spacial score (nSPS) is 11.6. The minimum atomic E-state index is -0.672. The van der Waals surface area contributed by atoms with Crippen molar-refractivity contribution in [2.75, 3.05) is 0 Å². The van der Waals surface area contributed by atoms with Crippen molar-refractivity contribution < 1.29 is 14.3 Å². The van der Waals surface area contributed by atoms with Crippen LogP contribution < -0.4 is 4.74 Å². The molecule has 2 aromatic heterocycles. The van der Waals surface area contributed by atoms with Crippen LogP contribution in [0.5, 0.6) is 5.75 Å². The molecule has 0 aliphatic carbocycles. The topological polar surface area (TPSA) is 47.8 Å². The monoisotopic (exact) mass is 419 g/mol. The molecule has 4 heteroatoms. The number of pyridine rings is 1. The molecule has 3 aromatic rings. The lowest BCUT2D eigenvalue weighted by molar-refractivity contribution is -0.142. The van der Waals surface area contributed by atoms with Crippen LogP contribution in [0.4, 0.5) is 0 Å². The summed E-state index contributed by atoms with van der Waals surface area (Å²) in [4.78, 5) is 26.5. The average Bonchev–Trinajstić information content (AvgIpc) is 3.04. The molecule has 0 fully saturated rings. The highest BCUT2D eigenvalue weighted by molar-refractivity contribution is 6.13. The Kier molecular flexibility index (Phi) is 6.99. The van der Waals surface area contributed by atoms with Crippen molar-refractivity contribution in [1.82, 2.24) is 4.40 Å². The fourth-order valence-electron chi connectivity index (χ4n) is 3.64. The largest absolute Gasteiger partial charge is 0.423 e. The van der Waals surface area contributed by atoms with E-state index in [1.54, 1.807) is 0 Å². The third-order valence-corrected chi connectivity index (χ3v) is 5.51. The predicted octanol–water partition coefficient (Wildman–Crippen LogP) is 6.55. The standard InChI is InChI=1S/C27H33NO3/c1-6-7-8-9-12-21-23(24(29)20-16-14-19(2)15-17-20)25(31-26(30)27(3,4)5)22-13-10-11-18-28(21)22/h10-11,13-18H,6-9,12H2,1-5H3. The van der Waals surface area contributed by atoms with Gasteiger partial charge in [-0.05, 0) is 52.7 Å². The number of aromatic nitrogens is 1. The highest BCUT2D eigenvalue weighted by Crippen LogP contribution is 2.36. The highest BCUT2D eigenvalue weighted by atomic mass is 16.5. The Balaban J connectivity index is 2.16. The molecule has 164 valence electrons. The Bertz CT molecular complexity index is 1070. The molecule has 31 heavy (non-hydrogen) atoms. The van der Waals surface area contributed by atoms with Crippen LogP contribution in [-0.4, -0.2) is 16.2 Å². The smallest absolute Gasteiger partial charge is 0.316 e. The van der Waals surface area contributed by atoms with Crippen molar-refractivity contribution >= 4 is 17.3 Å². The van der Waals surface area contributed by atoms with E-state index in [9.17, 15) is 9.59 Å². The van der Waals surface area contributed by atoms with Crippen LogP contribution in [0.1, 0.15) is 80.6 Å². The molecule has 0 N–H and O–H groups in total. The molecule has 2 heterocycles. The fraction of sp³-hybridized carbons (Fsp3) is 0.407. The first-order valence-corrected chi connectivity index (χ1v) is 11.2. The SMILES string of the molecule is CCCCCCc1c(C(=O)c2ccc(C)cc2)c(OC(=O)C(C)(C)C)c2ccccn12. The zero-order valence-corrected chi connectivity index (χ0v) is 19.3. The molecule has 0 bridgehead atoms. The molecule has 3 rings (SSSR count). The van der Waals surface area contributed by atoms with Crippen molar-refractivity contribution in [2.45, 2.75) is 66.7 Å². The second-order valence-corrected chi connectivity index (χ2v) is 9.25. The lowest BCUT2D eigenvalue weighted by Gasteiger charge is -2.17. The first kappa shape index (κ1) is 22.8. The molecule has 0 saturated heterocycles. The Labute approximate surface area is 185 Å². The van der Waals surface area contributed by atoms with E-state index in [2.05, 4.69) is 6.92 Å². The van der Waals surface area contributed by atoms with Crippen LogP contribution in [0.3, 0.4) is 0 Å². The van der Waals surface area contributed by atoms with Crippen molar-refractivity contribution in [2.24, 2.45) is 5.41 Å². The molecular formula is C27H33NO3. The van der Waals surface area contributed by atoms with Crippen LogP contribution in [-0.2, 0) is 11.2 Å².